The number of aromatic nitrogens is 2. The highest BCUT2D eigenvalue weighted by atomic mass is 32.2. The maximum atomic E-state index is 12.4. The standard InChI is InChI=1S/C12H15N5O3S/c1-8-14-7-11(15-8)21(19,20)17(2)10-5-3-4-9(6-10)12(13)16-18/h3-7,18H,1-2H3,(H2,13,16)(H,14,15). The molecule has 0 unspecified atom stereocenters. The van der Waals surface area contributed by atoms with E-state index in [4.69, 9.17) is 10.9 Å². The normalized spacial score (nSPS) is 12.4. The molecule has 21 heavy (non-hydrogen) atoms. The fraction of sp³-hybridized carbons (Fsp3) is 0.167. The molecule has 0 spiro atoms. The number of amidine groups is 1. The van der Waals surface area contributed by atoms with Gasteiger partial charge in [-0.15, -0.1) is 0 Å². The Balaban J connectivity index is 2.42. The first-order chi connectivity index (χ1) is 9.86. The lowest BCUT2D eigenvalue weighted by molar-refractivity contribution is 0.318. The third-order valence-electron chi connectivity index (χ3n) is 2.93. The molecule has 0 fully saturated rings. The van der Waals surface area contributed by atoms with Crippen LogP contribution >= 0.6 is 0 Å². The number of imidazole rings is 1. The number of rotatable bonds is 4. The summed E-state index contributed by atoms with van der Waals surface area (Å²) in [6.45, 7) is 1.66. The molecule has 8 nitrogen and oxygen atoms in total. The van der Waals surface area contributed by atoms with Crippen molar-refractivity contribution in [2.75, 3.05) is 11.4 Å². The van der Waals surface area contributed by atoms with Crippen LogP contribution in [-0.2, 0) is 10.0 Å². The molecule has 1 heterocycles. The minimum atomic E-state index is -3.75. The van der Waals surface area contributed by atoms with Crippen molar-refractivity contribution in [2.24, 2.45) is 10.9 Å². The van der Waals surface area contributed by atoms with E-state index in [-0.39, 0.29) is 10.9 Å². The van der Waals surface area contributed by atoms with Gasteiger partial charge in [-0.1, -0.05) is 17.3 Å². The van der Waals surface area contributed by atoms with Gasteiger partial charge in [-0.25, -0.2) is 4.98 Å². The van der Waals surface area contributed by atoms with Gasteiger partial charge in [0.2, 0.25) is 0 Å². The Morgan fingerprint density at radius 2 is 2.19 bits per heavy atom. The van der Waals surface area contributed by atoms with Gasteiger partial charge in [0, 0.05) is 12.6 Å². The maximum absolute atomic E-state index is 12.4. The van der Waals surface area contributed by atoms with Crippen molar-refractivity contribution in [3.63, 3.8) is 0 Å². The van der Waals surface area contributed by atoms with Crippen LogP contribution in [0.3, 0.4) is 0 Å². The Labute approximate surface area is 122 Å². The quantitative estimate of drug-likeness (QED) is 0.331. The van der Waals surface area contributed by atoms with E-state index in [1.54, 1.807) is 25.1 Å². The summed E-state index contributed by atoms with van der Waals surface area (Å²) in [5.41, 5.74) is 6.30. The summed E-state index contributed by atoms with van der Waals surface area (Å²) in [7, 11) is -2.33. The number of aromatic amines is 1. The molecule has 0 atom stereocenters. The third kappa shape index (κ3) is 2.82. The fourth-order valence-corrected chi connectivity index (χ4v) is 2.88. The molecule has 0 aliphatic rings. The fourth-order valence-electron chi connectivity index (χ4n) is 1.73. The van der Waals surface area contributed by atoms with Gasteiger partial charge in [-0.05, 0) is 19.1 Å². The highest BCUT2D eigenvalue weighted by Crippen LogP contribution is 2.21. The van der Waals surface area contributed by atoms with E-state index in [1.807, 2.05) is 0 Å². The second-order valence-electron chi connectivity index (χ2n) is 4.34. The first-order valence-electron chi connectivity index (χ1n) is 5.94. The zero-order valence-electron chi connectivity index (χ0n) is 11.5. The number of hydrogen-bond acceptors (Lipinski definition) is 5. The van der Waals surface area contributed by atoms with Crippen molar-refractivity contribution in [3.8, 4) is 0 Å². The molecule has 2 rings (SSSR count). The molecule has 0 aliphatic carbocycles. The maximum Gasteiger partial charge on any atom is 0.281 e. The number of H-pyrrole nitrogens is 1. The third-order valence-corrected chi connectivity index (χ3v) is 4.63. The molecule has 1 aromatic carbocycles. The highest BCUT2D eigenvalue weighted by molar-refractivity contribution is 7.92. The van der Waals surface area contributed by atoms with E-state index in [2.05, 4.69) is 15.1 Å². The Morgan fingerprint density at radius 1 is 1.48 bits per heavy atom. The molecule has 0 saturated carbocycles. The van der Waals surface area contributed by atoms with E-state index >= 15 is 0 Å². The van der Waals surface area contributed by atoms with Gasteiger partial charge in [0.1, 0.15) is 5.82 Å². The largest absolute Gasteiger partial charge is 0.409 e. The first kappa shape index (κ1) is 14.9. The average molecular weight is 309 g/mol. The van der Waals surface area contributed by atoms with E-state index < -0.39 is 10.0 Å². The lowest BCUT2D eigenvalue weighted by Crippen LogP contribution is -2.27. The number of aryl methyl sites for hydroxylation is 1. The summed E-state index contributed by atoms with van der Waals surface area (Å²) >= 11 is 0. The van der Waals surface area contributed by atoms with Gasteiger partial charge in [0.15, 0.2) is 10.9 Å². The lowest BCUT2D eigenvalue weighted by atomic mass is 10.2. The minimum Gasteiger partial charge on any atom is -0.409 e. The van der Waals surface area contributed by atoms with Gasteiger partial charge in [0.05, 0.1) is 11.9 Å². The van der Waals surface area contributed by atoms with Gasteiger partial charge < -0.3 is 15.9 Å². The van der Waals surface area contributed by atoms with Crippen molar-refractivity contribution >= 4 is 21.5 Å². The number of sulfonamides is 1. The Kier molecular flexibility index (Phi) is 3.85. The van der Waals surface area contributed by atoms with Crippen LogP contribution in [0.25, 0.3) is 0 Å². The summed E-state index contributed by atoms with van der Waals surface area (Å²) in [6, 6.07) is 6.34. The zero-order valence-corrected chi connectivity index (χ0v) is 12.3. The van der Waals surface area contributed by atoms with Gasteiger partial charge in [-0.2, -0.15) is 8.42 Å². The predicted molar refractivity (Wildman–Crippen MR) is 77.9 cm³/mol. The van der Waals surface area contributed by atoms with Crippen molar-refractivity contribution < 1.29 is 13.6 Å². The lowest BCUT2D eigenvalue weighted by Gasteiger charge is -2.18. The van der Waals surface area contributed by atoms with Crippen molar-refractivity contribution in [2.45, 2.75) is 11.9 Å². The summed E-state index contributed by atoms with van der Waals surface area (Å²) in [5, 5.41) is 11.6. The SMILES string of the molecule is Cc1ncc(S(=O)(=O)N(C)c2cccc(C(N)=NO)c2)[nH]1. The van der Waals surface area contributed by atoms with Crippen molar-refractivity contribution in [1.29, 1.82) is 0 Å². The molecule has 1 aromatic heterocycles. The molecular weight excluding hydrogens is 294 g/mol. The number of anilines is 1. The number of nitrogens with zero attached hydrogens (tertiary/aromatic N) is 3. The Hall–Kier alpha value is -2.55. The molecule has 0 radical (unpaired) electrons. The molecule has 4 N–H and O–H groups in total. The number of nitrogens with two attached hydrogens (primary N) is 1. The van der Waals surface area contributed by atoms with Crippen LogP contribution in [0.15, 0.2) is 40.6 Å². The van der Waals surface area contributed by atoms with Crippen molar-refractivity contribution in [3.05, 3.63) is 41.9 Å². The average Bonchev–Trinajstić information content (AvgIpc) is 2.93. The number of oxime groups is 1. The Morgan fingerprint density at radius 3 is 2.76 bits per heavy atom. The monoisotopic (exact) mass is 309 g/mol. The molecular formula is C12H15N5O3S. The van der Waals surface area contributed by atoms with Crippen LogP contribution in [0.2, 0.25) is 0 Å². The van der Waals surface area contributed by atoms with Crippen LogP contribution in [0.1, 0.15) is 11.4 Å². The van der Waals surface area contributed by atoms with E-state index in [1.165, 1.54) is 19.3 Å². The minimum absolute atomic E-state index is 0.00306. The molecule has 0 aliphatic heterocycles. The zero-order chi connectivity index (χ0) is 15.6. The molecule has 112 valence electrons. The van der Waals surface area contributed by atoms with Crippen LogP contribution in [0.4, 0.5) is 5.69 Å². The molecule has 0 saturated heterocycles. The Bertz CT molecular complexity index is 782. The summed E-state index contributed by atoms with van der Waals surface area (Å²) in [5.74, 6) is 0.410. The molecule has 2 aromatic rings. The summed E-state index contributed by atoms with van der Waals surface area (Å²) in [6.07, 6.45) is 1.26. The van der Waals surface area contributed by atoms with E-state index in [0.717, 1.165) is 4.31 Å². The van der Waals surface area contributed by atoms with Crippen LogP contribution in [-0.4, -0.2) is 36.5 Å². The summed E-state index contributed by atoms with van der Waals surface area (Å²) < 4.78 is 26.0. The smallest absolute Gasteiger partial charge is 0.281 e. The van der Waals surface area contributed by atoms with Crippen LogP contribution in [0.5, 0.6) is 0 Å². The highest BCUT2D eigenvalue weighted by Gasteiger charge is 2.23. The number of benzene rings is 1. The topological polar surface area (TPSA) is 125 Å². The van der Waals surface area contributed by atoms with Gasteiger partial charge >= 0.3 is 0 Å². The second-order valence-corrected chi connectivity index (χ2v) is 6.28. The second kappa shape index (κ2) is 5.44. The van der Waals surface area contributed by atoms with Crippen LogP contribution < -0.4 is 10.0 Å². The number of hydrogen-bond donors (Lipinski definition) is 3. The van der Waals surface area contributed by atoms with Crippen LogP contribution in [0, 0.1) is 6.92 Å². The van der Waals surface area contributed by atoms with E-state index in [9.17, 15) is 8.42 Å². The molecule has 0 bridgehead atoms. The van der Waals surface area contributed by atoms with Gasteiger partial charge in [0.25, 0.3) is 10.0 Å². The first-order valence-corrected chi connectivity index (χ1v) is 7.39. The predicted octanol–water partition coefficient (Wildman–Crippen LogP) is 0.638. The number of nitrogens with one attached hydrogen (secondary N) is 1. The van der Waals surface area contributed by atoms with E-state index in [0.29, 0.717) is 17.1 Å². The summed E-state index contributed by atoms with van der Waals surface area (Å²) in [4.78, 5) is 6.57. The molecule has 0 amide bonds. The molecule has 9 heteroatoms. The van der Waals surface area contributed by atoms with Crippen molar-refractivity contribution in [1.82, 2.24) is 9.97 Å². The van der Waals surface area contributed by atoms with Gasteiger partial charge in [-0.3, -0.25) is 4.31 Å².